The second-order valence-corrected chi connectivity index (χ2v) is 3.94. The van der Waals surface area contributed by atoms with Gasteiger partial charge in [-0.1, -0.05) is 6.07 Å². The zero-order valence-corrected chi connectivity index (χ0v) is 9.16. The van der Waals surface area contributed by atoms with Crippen molar-refractivity contribution in [3.8, 4) is 5.75 Å². The molecule has 3 nitrogen and oxygen atoms in total. The highest BCUT2D eigenvalue weighted by atomic mass is 19.4. The topological polar surface area (TPSA) is 32.7 Å². The number of nitrogens with zero attached hydrogens (tertiary/aromatic N) is 1. The van der Waals surface area contributed by atoms with E-state index >= 15 is 0 Å². The third-order valence-corrected chi connectivity index (χ3v) is 2.70. The molecule has 0 saturated carbocycles. The van der Waals surface area contributed by atoms with Crippen LogP contribution in [0.4, 0.5) is 18.9 Å². The van der Waals surface area contributed by atoms with Crippen LogP contribution in [0.2, 0.25) is 0 Å². The highest BCUT2D eigenvalue weighted by Gasteiger charge is 2.39. The van der Waals surface area contributed by atoms with Gasteiger partial charge < -0.3 is 14.7 Å². The van der Waals surface area contributed by atoms with E-state index in [0.29, 0.717) is 24.6 Å². The molecular weight excluding hydrogens is 235 g/mol. The predicted molar refractivity (Wildman–Crippen MR) is 56.2 cm³/mol. The first-order valence-corrected chi connectivity index (χ1v) is 5.12. The molecule has 1 unspecified atom stereocenters. The molecule has 17 heavy (non-hydrogen) atoms. The molecule has 6 heteroatoms. The second kappa shape index (κ2) is 4.10. The molecular formula is C11H12F3NO2. The summed E-state index contributed by atoms with van der Waals surface area (Å²) in [6.07, 6.45) is -7.11. The van der Waals surface area contributed by atoms with E-state index in [1.54, 1.807) is 11.9 Å². The molecule has 1 aliphatic rings. The minimum absolute atomic E-state index is 0.173. The maximum Gasteiger partial charge on any atom is 0.418 e. The van der Waals surface area contributed by atoms with Crippen LogP contribution in [0.1, 0.15) is 11.7 Å². The Labute approximate surface area is 96.4 Å². The van der Waals surface area contributed by atoms with Crippen LogP contribution < -0.4 is 9.64 Å². The van der Waals surface area contributed by atoms with E-state index in [0.717, 1.165) is 0 Å². The number of fused-ring (bicyclic) bond motifs is 1. The van der Waals surface area contributed by atoms with Crippen LogP contribution in [-0.4, -0.2) is 31.5 Å². The van der Waals surface area contributed by atoms with Gasteiger partial charge in [-0.05, 0) is 17.7 Å². The molecule has 1 atom stereocenters. The molecule has 0 saturated heterocycles. The number of aliphatic hydroxyl groups excluding tert-OH is 1. The number of halogens is 3. The molecule has 0 aromatic heterocycles. The standard InChI is InChI=1S/C11H12F3NO2/c1-15-4-5-17-9-3-2-7(6-8(9)15)10(16)11(12,13)14/h2-3,6,10,16H,4-5H2,1H3. The van der Waals surface area contributed by atoms with Crippen molar-refractivity contribution in [2.75, 3.05) is 25.1 Å². The molecule has 1 aromatic rings. The van der Waals surface area contributed by atoms with E-state index in [9.17, 15) is 13.2 Å². The maximum absolute atomic E-state index is 12.4. The Balaban J connectivity index is 2.36. The lowest BCUT2D eigenvalue weighted by Gasteiger charge is -2.28. The van der Waals surface area contributed by atoms with Gasteiger partial charge in [0, 0.05) is 7.05 Å². The molecule has 2 rings (SSSR count). The summed E-state index contributed by atoms with van der Waals surface area (Å²) in [7, 11) is 1.77. The SMILES string of the molecule is CN1CCOc2ccc(C(O)C(F)(F)F)cc21. The zero-order valence-electron chi connectivity index (χ0n) is 9.16. The van der Waals surface area contributed by atoms with Crippen molar-refractivity contribution in [3.63, 3.8) is 0 Å². The summed E-state index contributed by atoms with van der Waals surface area (Å²) in [4.78, 5) is 1.80. The van der Waals surface area contributed by atoms with Crippen LogP contribution in [0.3, 0.4) is 0 Å². The van der Waals surface area contributed by atoms with Crippen LogP contribution in [0, 0.1) is 0 Å². The van der Waals surface area contributed by atoms with Gasteiger partial charge in [-0.2, -0.15) is 13.2 Å². The van der Waals surface area contributed by atoms with Gasteiger partial charge in [0.1, 0.15) is 12.4 Å². The summed E-state index contributed by atoms with van der Waals surface area (Å²) >= 11 is 0. The lowest BCUT2D eigenvalue weighted by Crippen LogP contribution is -2.29. The van der Waals surface area contributed by atoms with Crippen molar-refractivity contribution in [1.82, 2.24) is 0 Å². The smallest absolute Gasteiger partial charge is 0.418 e. The van der Waals surface area contributed by atoms with E-state index < -0.39 is 12.3 Å². The number of likely N-dealkylation sites (N-methyl/N-ethyl adjacent to an activating group) is 1. The molecule has 0 fully saturated rings. The highest BCUT2D eigenvalue weighted by Crippen LogP contribution is 2.38. The number of ether oxygens (including phenoxy) is 1. The molecule has 0 aliphatic carbocycles. The van der Waals surface area contributed by atoms with Gasteiger partial charge in [-0.3, -0.25) is 0 Å². The first kappa shape index (κ1) is 12.0. The Morgan fingerprint density at radius 2 is 2.12 bits per heavy atom. The fourth-order valence-electron chi connectivity index (χ4n) is 1.73. The minimum Gasteiger partial charge on any atom is -0.490 e. The van der Waals surface area contributed by atoms with Crippen LogP contribution in [0.5, 0.6) is 5.75 Å². The first-order valence-electron chi connectivity index (χ1n) is 5.12. The number of hydrogen-bond acceptors (Lipinski definition) is 3. The lowest BCUT2D eigenvalue weighted by atomic mass is 10.1. The fraction of sp³-hybridized carbons (Fsp3) is 0.455. The summed E-state index contributed by atoms with van der Waals surface area (Å²) in [6, 6.07) is 4.00. The summed E-state index contributed by atoms with van der Waals surface area (Å²) in [5.41, 5.74) is 0.394. The molecule has 1 heterocycles. The van der Waals surface area contributed by atoms with E-state index in [1.165, 1.54) is 18.2 Å². The fourth-order valence-corrected chi connectivity index (χ4v) is 1.73. The quantitative estimate of drug-likeness (QED) is 0.825. The van der Waals surface area contributed by atoms with Gasteiger partial charge in [-0.15, -0.1) is 0 Å². The van der Waals surface area contributed by atoms with Gasteiger partial charge in [0.05, 0.1) is 12.2 Å². The number of rotatable bonds is 1. The van der Waals surface area contributed by atoms with E-state index in [-0.39, 0.29) is 5.56 Å². The zero-order chi connectivity index (χ0) is 12.6. The molecule has 0 amide bonds. The monoisotopic (exact) mass is 247 g/mol. The molecule has 1 aromatic carbocycles. The Bertz CT molecular complexity index is 420. The van der Waals surface area contributed by atoms with Crippen molar-refractivity contribution < 1.29 is 23.0 Å². The highest BCUT2D eigenvalue weighted by molar-refractivity contribution is 5.61. The van der Waals surface area contributed by atoms with Gasteiger partial charge in [0.25, 0.3) is 0 Å². The van der Waals surface area contributed by atoms with Gasteiger partial charge in [0.15, 0.2) is 6.10 Å². The van der Waals surface area contributed by atoms with Crippen molar-refractivity contribution in [3.05, 3.63) is 23.8 Å². The summed E-state index contributed by atoms with van der Waals surface area (Å²) in [5.74, 6) is 0.539. The Hall–Kier alpha value is -1.43. The summed E-state index contributed by atoms with van der Waals surface area (Å²) in [5, 5.41) is 9.16. The van der Waals surface area contributed by atoms with Crippen molar-refractivity contribution >= 4 is 5.69 Å². The first-order chi connectivity index (χ1) is 7.89. The lowest BCUT2D eigenvalue weighted by molar-refractivity contribution is -0.206. The largest absolute Gasteiger partial charge is 0.490 e. The molecule has 1 N–H and O–H groups in total. The molecule has 0 bridgehead atoms. The average molecular weight is 247 g/mol. The Kier molecular flexibility index (Phi) is 2.91. The average Bonchev–Trinajstić information content (AvgIpc) is 2.27. The normalized spacial score (nSPS) is 17.4. The van der Waals surface area contributed by atoms with Gasteiger partial charge in [-0.25, -0.2) is 0 Å². The van der Waals surface area contributed by atoms with Gasteiger partial charge >= 0.3 is 6.18 Å². The molecule has 1 aliphatic heterocycles. The van der Waals surface area contributed by atoms with Crippen molar-refractivity contribution in [2.45, 2.75) is 12.3 Å². The van der Waals surface area contributed by atoms with Crippen molar-refractivity contribution in [2.24, 2.45) is 0 Å². The maximum atomic E-state index is 12.4. The van der Waals surface area contributed by atoms with E-state index in [4.69, 9.17) is 9.84 Å². The molecule has 94 valence electrons. The molecule has 0 radical (unpaired) electrons. The molecule has 0 spiro atoms. The third kappa shape index (κ3) is 2.31. The van der Waals surface area contributed by atoms with Crippen molar-refractivity contribution in [1.29, 1.82) is 0 Å². The number of anilines is 1. The number of hydrogen-bond donors (Lipinski definition) is 1. The second-order valence-electron chi connectivity index (χ2n) is 3.94. The summed E-state index contributed by atoms with van der Waals surface area (Å²) < 4.78 is 42.4. The van der Waals surface area contributed by atoms with Crippen LogP contribution in [0.25, 0.3) is 0 Å². The van der Waals surface area contributed by atoms with Crippen LogP contribution in [-0.2, 0) is 0 Å². The predicted octanol–water partition coefficient (Wildman–Crippen LogP) is 2.11. The minimum atomic E-state index is -4.65. The third-order valence-electron chi connectivity index (χ3n) is 2.70. The van der Waals surface area contributed by atoms with Crippen LogP contribution in [0.15, 0.2) is 18.2 Å². The van der Waals surface area contributed by atoms with Gasteiger partial charge in [0.2, 0.25) is 0 Å². The number of alkyl halides is 3. The number of aliphatic hydroxyl groups is 1. The number of benzene rings is 1. The van der Waals surface area contributed by atoms with E-state index in [1.807, 2.05) is 0 Å². The summed E-state index contributed by atoms with van der Waals surface area (Å²) in [6.45, 7) is 1.11. The Morgan fingerprint density at radius 3 is 2.76 bits per heavy atom. The Morgan fingerprint density at radius 1 is 1.41 bits per heavy atom. The van der Waals surface area contributed by atoms with E-state index in [2.05, 4.69) is 0 Å². The van der Waals surface area contributed by atoms with Crippen LogP contribution >= 0.6 is 0 Å².